The lowest BCUT2D eigenvalue weighted by Gasteiger charge is -2.34. The molecule has 34 heavy (non-hydrogen) atoms. The Hall–Kier alpha value is -3.35. The largest absolute Gasteiger partial charge is 0.481 e. The van der Waals surface area contributed by atoms with Crippen LogP contribution in [-0.2, 0) is 14.3 Å². The molecule has 0 radical (unpaired) electrons. The number of likely N-dealkylation sites (tertiary alicyclic amines) is 1. The number of nitrogens with zero attached hydrogens (tertiary/aromatic N) is 1. The van der Waals surface area contributed by atoms with Crippen molar-refractivity contribution < 1.29 is 24.2 Å². The van der Waals surface area contributed by atoms with Gasteiger partial charge in [0.1, 0.15) is 6.61 Å². The third kappa shape index (κ3) is 3.93. The smallest absolute Gasteiger partial charge is 0.407 e. The standard InChI is InChI=1S/C27H30N2O5/c1-27(2,25(32)29-12-11-20-21(13-29)23(20)24(30)31)15-28-26(33)34-14-22-18-9-5-3-7-16(18)17-8-4-6-10-19(17)22/h3-10,20-23H,11-15H2,1-2H3,(H,28,33)(H,30,31)/t20-,21+,23?/m1/s1. The van der Waals surface area contributed by atoms with Gasteiger partial charge in [-0.25, -0.2) is 4.79 Å². The number of amides is 2. The molecule has 2 aromatic rings. The van der Waals surface area contributed by atoms with E-state index in [4.69, 9.17) is 4.74 Å². The van der Waals surface area contributed by atoms with Gasteiger partial charge in [-0.15, -0.1) is 0 Å². The molecule has 2 amide bonds. The average molecular weight is 463 g/mol. The van der Waals surface area contributed by atoms with Crippen molar-refractivity contribution in [3.05, 3.63) is 59.7 Å². The van der Waals surface area contributed by atoms with Crippen molar-refractivity contribution in [1.82, 2.24) is 10.2 Å². The van der Waals surface area contributed by atoms with Crippen LogP contribution in [0.4, 0.5) is 4.79 Å². The molecule has 0 aromatic heterocycles. The van der Waals surface area contributed by atoms with Crippen molar-refractivity contribution in [2.75, 3.05) is 26.2 Å². The van der Waals surface area contributed by atoms with Gasteiger partial charge in [0.2, 0.25) is 5.91 Å². The van der Waals surface area contributed by atoms with E-state index in [0.29, 0.717) is 13.1 Å². The minimum atomic E-state index is -0.813. The first-order chi connectivity index (χ1) is 16.3. The van der Waals surface area contributed by atoms with Crippen LogP contribution in [0.3, 0.4) is 0 Å². The summed E-state index contributed by atoms with van der Waals surface area (Å²) in [7, 11) is 0. The van der Waals surface area contributed by atoms with E-state index in [2.05, 4.69) is 29.6 Å². The molecule has 1 saturated heterocycles. The first kappa shape index (κ1) is 22.4. The summed E-state index contributed by atoms with van der Waals surface area (Å²) in [5.41, 5.74) is 3.82. The van der Waals surface area contributed by atoms with Gasteiger partial charge in [0.25, 0.3) is 0 Å². The monoisotopic (exact) mass is 462 g/mol. The maximum absolute atomic E-state index is 13.1. The van der Waals surface area contributed by atoms with Crippen LogP contribution in [0.1, 0.15) is 37.3 Å². The zero-order chi connectivity index (χ0) is 24.0. The molecule has 2 aliphatic carbocycles. The van der Waals surface area contributed by atoms with Gasteiger partial charge in [0.05, 0.1) is 11.3 Å². The Morgan fingerprint density at radius 2 is 1.65 bits per heavy atom. The summed E-state index contributed by atoms with van der Waals surface area (Å²) in [5.74, 6) is -0.916. The van der Waals surface area contributed by atoms with Crippen molar-refractivity contribution >= 4 is 18.0 Å². The van der Waals surface area contributed by atoms with Gasteiger partial charge in [-0.05, 0) is 54.4 Å². The molecule has 2 aromatic carbocycles. The highest BCUT2D eigenvalue weighted by molar-refractivity contribution is 5.84. The zero-order valence-electron chi connectivity index (χ0n) is 19.5. The number of fused-ring (bicyclic) bond motifs is 4. The topological polar surface area (TPSA) is 95.9 Å². The Morgan fingerprint density at radius 3 is 2.26 bits per heavy atom. The van der Waals surface area contributed by atoms with Crippen LogP contribution in [0.2, 0.25) is 0 Å². The first-order valence-corrected chi connectivity index (χ1v) is 11.9. The molecular weight excluding hydrogens is 432 g/mol. The molecule has 0 spiro atoms. The number of carbonyl (C=O) groups is 3. The van der Waals surface area contributed by atoms with Gasteiger partial charge in [0, 0.05) is 25.6 Å². The number of ether oxygens (including phenoxy) is 1. The van der Waals surface area contributed by atoms with Crippen molar-refractivity contribution in [1.29, 1.82) is 0 Å². The predicted octanol–water partition coefficient (Wildman–Crippen LogP) is 3.73. The molecule has 1 unspecified atom stereocenters. The summed E-state index contributed by atoms with van der Waals surface area (Å²) in [5, 5.41) is 12.0. The predicted molar refractivity (Wildman–Crippen MR) is 126 cm³/mol. The molecule has 7 heteroatoms. The summed E-state index contributed by atoms with van der Waals surface area (Å²) < 4.78 is 5.58. The van der Waals surface area contributed by atoms with Crippen LogP contribution in [0.15, 0.2) is 48.5 Å². The van der Waals surface area contributed by atoms with Gasteiger partial charge in [-0.3, -0.25) is 9.59 Å². The van der Waals surface area contributed by atoms with Gasteiger partial charge < -0.3 is 20.1 Å². The summed E-state index contributed by atoms with van der Waals surface area (Å²) >= 11 is 0. The van der Waals surface area contributed by atoms with Gasteiger partial charge in [-0.1, -0.05) is 48.5 Å². The van der Waals surface area contributed by atoms with Crippen LogP contribution in [-0.4, -0.2) is 54.2 Å². The third-order valence-corrected chi connectivity index (χ3v) is 7.66. The fraction of sp³-hybridized carbons (Fsp3) is 0.444. The van der Waals surface area contributed by atoms with Crippen molar-refractivity contribution in [2.24, 2.45) is 23.2 Å². The molecule has 3 aliphatic rings. The SMILES string of the molecule is CC(C)(CNC(=O)OCC1c2ccccc2-c2ccccc21)C(=O)N1CC[C@H]2C(C(=O)O)[C@H]2C1. The number of carboxylic acid groups (broad SMARTS) is 1. The number of carboxylic acids is 1. The van der Waals surface area contributed by atoms with Crippen molar-refractivity contribution in [2.45, 2.75) is 26.2 Å². The van der Waals surface area contributed by atoms with Gasteiger partial charge >= 0.3 is 12.1 Å². The van der Waals surface area contributed by atoms with E-state index < -0.39 is 17.5 Å². The minimum Gasteiger partial charge on any atom is -0.481 e. The number of aliphatic carboxylic acids is 1. The number of piperidine rings is 1. The number of hydrogen-bond acceptors (Lipinski definition) is 4. The number of benzene rings is 2. The highest BCUT2D eigenvalue weighted by atomic mass is 16.5. The second kappa shape index (κ2) is 8.46. The Balaban J connectivity index is 1.15. The van der Waals surface area contributed by atoms with E-state index in [9.17, 15) is 19.5 Å². The molecule has 7 nitrogen and oxygen atoms in total. The minimum absolute atomic E-state index is 0.0187. The number of rotatable bonds is 6. The van der Waals surface area contributed by atoms with E-state index in [0.717, 1.165) is 17.5 Å². The number of alkyl carbamates (subject to hydrolysis) is 1. The summed E-state index contributed by atoms with van der Waals surface area (Å²) in [6, 6.07) is 16.3. The summed E-state index contributed by atoms with van der Waals surface area (Å²) in [6.45, 7) is 5.02. The zero-order valence-corrected chi connectivity index (χ0v) is 19.5. The van der Waals surface area contributed by atoms with E-state index >= 15 is 0 Å². The molecule has 1 aliphatic heterocycles. The van der Waals surface area contributed by atoms with Crippen molar-refractivity contribution in [3.63, 3.8) is 0 Å². The first-order valence-electron chi connectivity index (χ1n) is 11.9. The average Bonchev–Trinajstić information content (AvgIpc) is 3.48. The maximum Gasteiger partial charge on any atom is 0.407 e. The van der Waals surface area contributed by atoms with Crippen molar-refractivity contribution in [3.8, 4) is 11.1 Å². The molecule has 2 fully saturated rings. The highest BCUT2D eigenvalue weighted by Crippen LogP contribution is 2.52. The van der Waals surface area contributed by atoms with E-state index in [1.165, 1.54) is 11.1 Å². The highest BCUT2D eigenvalue weighted by Gasteiger charge is 2.58. The van der Waals surface area contributed by atoms with Crippen LogP contribution in [0.25, 0.3) is 11.1 Å². The third-order valence-electron chi connectivity index (χ3n) is 7.66. The fourth-order valence-corrected chi connectivity index (χ4v) is 5.74. The van der Waals surface area contributed by atoms with Crippen LogP contribution < -0.4 is 5.32 Å². The number of nitrogens with one attached hydrogen (secondary N) is 1. The lowest BCUT2D eigenvalue weighted by molar-refractivity contribution is -0.142. The molecule has 1 saturated carbocycles. The van der Waals surface area contributed by atoms with Crippen LogP contribution in [0.5, 0.6) is 0 Å². The maximum atomic E-state index is 13.1. The second-order valence-corrected chi connectivity index (χ2v) is 10.3. The van der Waals surface area contributed by atoms with E-state index in [1.807, 2.05) is 24.3 Å². The lowest BCUT2D eigenvalue weighted by Crippen LogP contribution is -2.49. The Morgan fingerprint density at radius 1 is 1.03 bits per heavy atom. The molecule has 5 rings (SSSR count). The fourth-order valence-electron chi connectivity index (χ4n) is 5.74. The van der Waals surface area contributed by atoms with E-state index in [-0.39, 0.29) is 42.7 Å². The molecule has 1 heterocycles. The molecule has 3 atom stereocenters. The normalized spacial score (nSPS) is 22.9. The van der Waals surface area contributed by atoms with Crippen LogP contribution >= 0.6 is 0 Å². The molecule has 178 valence electrons. The Bertz CT molecular complexity index is 1100. The molecular formula is C27H30N2O5. The second-order valence-electron chi connectivity index (χ2n) is 10.3. The number of hydrogen-bond donors (Lipinski definition) is 2. The van der Waals surface area contributed by atoms with E-state index in [1.54, 1.807) is 18.7 Å². The lowest BCUT2D eigenvalue weighted by atomic mass is 9.90. The van der Waals surface area contributed by atoms with Crippen LogP contribution in [0, 0.1) is 23.2 Å². The van der Waals surface area contributed by atoms with Gasteiger partial charge in [-0.2, -0.15) is 0 Å². The quantitative estimate of drug-likeness (QED) is 0.682. The Kier molecular flexibility index (Phi) is 5.58. The van der Waals surface area contributed by atoms with Gasteiger partial charge in [0.15, 0.2) is 0 Å². The number of carbonyl (C=O) groups excluding carboxylic acids is 2. The molecule has 0 bridgehead atoms. The Labute approximate surface area is 199 Å². The molecule has 2 N–H and O–H groups in total. The summed E-state index contributed by atoms with van der Waals surface area (Å²) in [6.07, 6.45) is 0.179. The summed E-state index contributed by atoms with van der Waals surface area (Å²) in [4.78, 5) is 38.7.